The Morgan fingerprint density at radius 1 is 1.00 bits per heavy atom. The summed E-state index contributed by atoms with van der Waals surface area (Å²) in [5, 5.41) is 0.512. The molecule has 3 unspecified atom stereocenters. The van der Waals surface area contributed by atoms with E-state index in [2.05, 4.69) is 6.07 Å². The summed E-state index contributed by atoms with van der Waals surface area (Å²) < 4.78 is 24.0. The molecule has 0 spiro atoms. The molecule has 9 heteroatoms. The van der Waals surface area contributed by atoms with Gasteiger partial charge in [-0.2, -0.15) is 0 Å². The number of Topliss-reactive ketones (excluding diaryl/α,β-unsaturated/α-hetero) is 1. The van der Waals surface area contributed by atoms with Crippen LogP contribution < -0.4 is 19.1 Å². The number of aromatic nitrogens is 1. The number of rotatable bonds is 5. The molecule has 1 aliphatic carbocycles. The smallest absolute Gasteiger partial charge is 0.296 e. The third-order valence-corrected chi connectivity index (χ3v) is 8.52. The van der Waals surface area contributed by atoms with Crippen LogP contribution in [0, 0.1) is 12.8 Å². The van der Waals surface area contributed by atoms with Crippen molar-refractivity contribution >= 4 is 38.4 Å². The molecule has 0 bridgehead atoms. The zero-order chi connectivity index (χ0) is 25.8. The maximum absolute atomic E-state index is 14.0. The molecular weight excluding hydrogens is 492 g/mol. The lowest BCUT2D eigenvalue weighted by atomic mass is 9.77. The highest BCUT2D eigenvalue weighted by Crippen LogP contribution is 2.51. The Kier molecular flexibility index (Phi) is 5.82. The number of aryl methyl sites for hydroxylation is 1. The number of amides is 1. The molecule has 2 aliphatic heterocycles. The number of hydrogen-bond acceptors (Lipinski definition) is 8. The Labute approximate surface area is 218 Å². The molecule has 3 atom stereocenters. The van der Waals surface area contributed by atoms with Crippen LogP contribution in [0.25, 0.3) is 10.2 Å². The number of ketones is 1. The molecule has 0 saturated heterocycles. The molecule has 3 aromatic rings. The minimum atomic E-state index is -0.728. The number of methoxy groups -OCH3 is 3. The van der Waals surface area contributed by atoms with Gasteiger partial charge in [-0.15, -0.1) is 0 Å². The predicted octanol–water partition coefficient (Wildman–Crippen LogP) is 5.13. The molecule has 1 aromatic heterocycles. The Hall–Kier alpha value is -3.59. The normalized spacial score (nSPS) is 23.1. The van der Waals surface area contributed by atoms with Gasteiger partial charge < -0.3 is 18.9 Å². The number of fused-ring (bicyclic) bond motifs is 2. The van der Waals surface area contributed by atoms with Gasteiger partial charge in [0.1, 0.15) is 6.10 Å². The van der Waals surface area contributed by atoms with Crippen LogP contribution in [0.1, 0.15) is 42.9 Å². The fourth-order valence-electron chi connectivity index (χ4n) is 5.74. The molecule has 8 nitrogen and oxygen atoms in total. The second-order valence-corrected chi connectivity index (χ2v) is 10.7. The molecule has 3 heterocycles. The largest absolute Gasteiger partial charge is 0.493 e. The van der Waals surface area contributed by atoms with Crippen molar-refractivity contribution in [3.63, 3.8) is 0 Å². The average molecular weight is 521 g/mol. The number of benzene rings is 2. The first-order valence-corrected chi connectivity index (χ1v) is 13.2. The second kappa shape index (κ2) is 9.06. The van der Waals surface area contributed by atoms with E-state index in [9.17, 15) is 9.59 Å². The van der Waals surface area contributed by atoms with Crippen LogP contribution >= 0.6 is 11.3 Å². The van der Waals surface area contributed by atoms with Gasteiger partial charge in [0.05, 0.1) is 49.1 Å². The summed E-state index contributed by atoms with van der Waals surface area (Å²) in [5.41, 5.74) is 2.96. The van der Waals surface area contributed by atoms with E-state index < -0.39 is 6.04 Å². The van der Waals surface area contributed by atoms with Crippen LogP contribution in [-0.2, 0) is 14.3 Å². The molecule has 0 radical (unpaired) electrons. The topological polar surface area (TPSA) is 87.2 Å². The van der Waals surface area contributed by atoms with E-state index in [0.29, 0.717) is 33.5 Å². The molecule has 2 aromatic carbocycles. The quantitative estimate of drug-likeness (QED) is 0.461. The maximum atomic E-state index is 14.0. The summed E-state index contributed by atoms with van der Waals surface area (Å²) in [6.45, 7) is 2.02. The van der Waals surface area contributed by atoms with E-state index in [4.69, 9.17) is 23.9 Å². The van der Waals surface area contributed by atoms with E-state index in [0.717, 1.165) is 41.5 Å². The standard InChI is InChI=1S/C28H28N2O6S/c1-14-9-10-17-21(11-14)37-28(29-17)30-23(15-12-19(33-2)25(35-4)20(13-15)34-3)22-24(31)16-7-5-6-8-18(16)36-26(22)27(30)32/h9-13,16,18,23H,5-8H2,1-4H3. The summed E-state index contributed by atoms with van der Waals surface area (Å²) in [5.74, 6) is 0.855. The number of nitrogens with zero attached hydrogens (tertiary/aromatic N) is 2. The van der Waals surface area contributed by atoms with Gasteiger partial charge >= 0.3 is 0 Å². The number of anilines is 1. The molecule has 1 fully saturated rings. The third-order valence-electron chi connectivity index (χ3n) is 7.50. The van der Waals surface area contributed by atoms with Crippen LogP contribution in [0.15, 0.2) is 41.7 Å². The van der Waals surface area contributed by atoms with Gasteiger partial charge in [0.25, 0.3) is 5.91 Å². The van der Waals surface area contributed by atoms with E-state index in [1.807, 2.05) is 19.1 Å². The third kappa shape index (κ3) is 3.67. The van der Waals surface area contributed by atoms with Crippen LogP contribution in [-0.4, -0.2) is 44.1 Å². The van der Waals surface area contributed by atoms with Crippen molar-refractivity contribution in [3.8, 4) is 17.2 Å². The minimum absolute atomic E-state index is 0.0162. The molecule has 6 rings (SSSR count). The molecule has 192 valence electrons. The van der Waals surface area contributed by atoms with Crippen molar-refractivity contribution < 1.29 is 28.5 Å². The van der Waals surface area contributed by atoms with Crippen molar-refractivity contribution in [1.29, 1.82) is 0 Å². The Morgan fingerprint density at radius 3 is 2.43 bits per heavy atom. The summed E-state index contributed by atoms with van der Waals surface area (Å²) >= 11 is 1.42. The number of ether oxygens (including phenoxy) is 4. The Morgan fingerprint density at radius 2 is 1.73 bits per heavy atom. The van der Waals surface area contributed by atoms with Gasteiger partial charge in [0.15, 0.2) is 28.2 Å². The van der Waals surface area contributed by atoms with E-state index >= 15 is 0 Å². The highest BCUT2D eigenvalue weighted by Gasteiger charge is 2.53. The first kappa shape index (κ1) is 23.8. The van der Waals surface area contributed by atoms with Crippen LogP contribution in [0.4, 0.5) is 5.13 Å². The fraction of sp³-hybridized carbons (Fsp3) is 0.393. The molecule has 37 heavy (non-hydrogen) atoms. The Bertz CT molecular complexity index is 1440. The molecule has 1 saturated carbocycles. The molecule has 1 amide bonds. The number of carbonyl (C=O) groups is 2. The Balaban J connectivity index is 1.56. The van der Waals surface area contributed by atoms with Gasteiger partial charge in [-0.05, 0) is 61.6 Å². The zero-order valence-corrected chi connectivity index (χ0v) is 22.0. The van der Waals surface area contributed by atoms with Crippen molar-refractivity contribution in [2.45, 2.75) is 44.8 Å². The second-order valence-electron chi connectivity index (χ2n) is 9.66. The highest BCUT2D eigenvalue weighted by atomic mass is 32.1. The average Bonchev–Trinajstić information content (AvgIpc) is 3.45. The predicted molar refractivity (Wildman–Crippen MR) is 140 cm³/mol. The van der Waals surface area contributed by atoms with Gasteiger partial charge in [-0.1, -0.05) is 23.8 Å². The summed E-state index contributed by atoms with van der Waals surface area (Å²) in [7, 11) is 4.62. The van der Waals surface area contributed by atoms with Gasteiger partial charge in [-0.3, -0.25) is 14.5 Å². The maximum Gasteiger partial charge on any atom is 0.296 e. The molecule has 3 aliphatic rings. The number of thiazole rings is 1. The van der Waals surface area contributed by atoms with Crippen molar-refractivity contribution in [3.05, 3.63) is 52.8 Å². The lowest BCUT2D eigenvalue weighted by molar-refractivity contribution is -0.131. The zero-order valence-electron chi connectivity index (χ0n) is 21.2. The van der Waals surface area contributed by atoms with E-state index in [1.165, 1.54) is 18.4 Å². The lowest BCUT2D eigenvalue weighted by Crippen LogP contribution is -2.39. The van der Waals surface area contributed by atoms with Crippen LogP contribution in [0.3, 0.4) is 0 Å². The lowest BCUT2D eigenvalue weighted by Gasteiger charge is -2.35. The van der Waals surface area contributed by atoms with E-state index in [-0.39, 0.29) is 29.5 Å². The van der Waals surface area contributed by atoms with Gasteiger partial charge in [-0.25, -0.2) is 4.98 Å². The summed E-state index contributed by atoms with van der Waals surface area (Å²) in [6, 6.07) is 8.85. The fourth-order valence-corrected chi connectivity index (χ4v) is 6.83. The van der Waals surface area contributed by atoms with E-state index in [1.54, 1.807) is 31.3 Å². The van der Waals surface area contributed by atoms with Gasteiger partial charge in [0, 0.05) is 0 Å². The van der Waals surface area contributed by atoms with Crippen molar-refractivity contribution in [2.75, 3.05) is 26.2 Å². The minimum Gasteiger partial charge on any atom is -0.493 e. The van der Waals surface area contributed by atoms with Crippen molar-refractivity contribution in [2.24, 2.45) is 5.92 Å². The summed E-state index contributed by atoms with van der Waals surface area (Å²) in [6.07, 6.45) is 3.24. The molecular formula is C28H28N2O6S. The van der Waals surface area contributed by atoms with Gasteiger partial charge in [0.2, 0.25) is 5.75 Å². The summed E-state index contributed by atoms with van der Waals surface area (Å²) in [4.78, 5) is 34.4. The van der Waals surface area contributed by atoms with Crippen LogP contribution in [0.2, 0.25) is 0 Å². The molecule has 0 N–H and O–H groups in total. The first-order chi connectivity index (χ1) is 17.9. The number of carbonyl (C=O) groups excluding carboxylic acids is 2. The highest BCUT2D eigenvalue weighted by molar-refractivity contribution is 7.22. The number of hydrogen-bond donors (Lipinski definition) is 0. The van der Waals surface area contributed by atoms with Crippen LogP contribution in [0.5, 0.6) is 17.2 Å². The van der Waals surface area contributed by atoms with Crippen molar-refractivity contribution in [1.82, 2.24) is 4.98 Å². The monoisotopic (exact) mass is 520 g/mol. The first-order valence-electron chi connectivity index (χ1n) is 12.4. The SMILES string of the molecule is COc1cc(C2C3=C(OC4CCCCC4C3=O)C(=O)N2c2nc3ccc(C)cc3s2)cc(OC)c1OC.